The van der Waals surface area contributed by atoms with E-state index in [2.05, 4.69) is 38.0 Å². The second kappa shape index (κ2) is 7.48. The summed E-state index contributed by atoms with van der Waals surface area (Å²) in [6.07, 6.45) is 4.20. The summed E-state index contributed by atoms with van der Waals surface area (Å²) in [5.74, 6) is 0. The number of nitrogens with zero attached hydrogens (tertiary/aromatic N) is 3. The van der Waals surface area contributed by atoms with E-state index >= 15 is 0 Å². The minimum absolute atomic E-state index is 0.0332. The zero-order valence-electron chi connectivity index (χ0n) is 12.0. The van der Waals surface area contributed by atoms with Gasteiger partial charge in [-0.05, 0) is 27.2 Å². The number of rotatable bonds is 8. The number of aromatic nitrogens is 3. The van der Waals surface area contributed by atoms with E-state index < -0.39 is 0 Å². The van der Waals surface area contributed by atoms with Gasteiger partial charge >= 0.3 is 0 Å². The summed E-state index contributed by atoms with van der Waals surface area (Å²) in [5, 5.41) is 8.16. The van der Waals surface area contributed by atoms with Gasteiger partial charge in [-0.3, -0.25) is 0 Å². The highest BCUT2D eigenvalue weighted by Gasteiger charge is 2.14. The van der Waals surface area contributed by atoms with E-state index in [1.165, 1.54) is 0 Å². The maximum absolute atomic E-state index is 5.49. The number of ether oxygens (including phenoxy) is 2. The van der Waals surface area contributed by atoms with Crippen LogP contribution in [0.1, 0.15) is 46.2 Å². The van der Waals surface area contributed by atoms with Crippen molar-refractivity contribution < 1.29 is 9.47 Å². The zero-order chi connectivity index (χ0) is 13.4. The van der Waals surface area contributed by atoms with Crippen LogP contribution in [0, 0.1) is 0 Å². The van der Waals surface area contributed by atoms with Crippen molar-refractivity contribution in [3.63, 3.8) is 0 Å². The third kappa shape index (κ3) is 5.60. The van der Waals surface area contributed by atoms with Crippen LogP contribution in [-0.2, 0) is 21.6 Å². The molecule has 0 aliphatic rings. The van der Waals surface area contributed by atoms with Gasteiger partial charge in [-0.15, -0.1) is 5.10 Å². The molecule has 0 saturated heterocycles. The lowest BCUT2D eigenvalue weighted by Gasteiger charge is -2.17. The van der Waals surface area contributed by atoms with E-state index in [1.54, 1.807) is 0 Å². The molecule has 5 heteroatoms. The largest absolute Gasteiger partial charge is 0.379 e. The minimum atomic E-state index is -0.0332. The molecule has 1 heterocycles. The molecule has 0 aliphatic carbocycles. The summed E-state index contributed by atoms with van der Waals surface area (Å²) in [6.45, 7) is 11.0. The van der Waals surface area contributed by atoms with Crippen LogP contribution in [-0.4, -0.2) is 34.8 Å². The molecular weight excluding hydrogens is 230 g/mol. The van der Waals surface area contributed by atoms with E-state index in [0.717, 1.165) is 25.1 Å². The van der Waals surface area contributed by atoms with Gasteiger partial charge in [0.05, 0.1) is 31.6 Å². The van der Waals surface area contributed by atoms with Crippen molar-refractivity contribution in [2.45, 2.75) is 52.7 Å². The number of unbranched alkanes of at least 4 members (excludes halogenated alkanes) is 1. The molecule has 5 nitrogen and oxygen atoms in total. The molecule has 0 saturated carbocycles. The maximum atomic E-state index is 5.49. The van der Waals surface area contributed by atoms with Gasteiger partial charge < -0.3 is 9.47 Å². The lowest BCUT2D eigenvalue weighted by Crippen LogP contribution is -2.22. The molecule has 104 valence electrons. The minimum Gasteiger partial charge on any atom is -0.379 e. The van der Waals surface area contributed by atoms with Crippen molar-refractivity contribution in [3.05, 3.63) is 11.9 Å². The lowest BCUT2D eigenvalue weighted by atomic mass is 10.1. The van der Waals surface area contributed by atoms with Gasteiger partial charge in [-0.25, -0.2) is 4.68 Å². The molecule has 0 amide bonds. The Bertz CT molecular complexity index is 331. The first-order valence-electron chi connectivity index (χ1n) is 6.61. The molecule has 0 radical (unpaired) electrons. The number of hydrogen-bond donors (Lipinski definition) is 0. The Morgan fingerprint density at radius 2 is 1.89 bits per heavy atom. The van der Waals surface area contributed by atoms with E-state index in [1.807, 2.05) is 10.9 Å². The van der Waals surface area contributed by atoms with E-state index in [9.17, 15) is 0 Å². The predicted molar refractivity (Wildman–Crippen MR) is 70.4 cm³/mol. The molecule has 18 heavy (non-hydrogen) atoms. The van der Waals surface area contributed by atoms with E-state index in [0.29, 0.717) is 19.8 Å². The highest BCUT2D eigenvalue weighted by molar-refractivity contribution is 4.92. The molecular formula is C13H25N3O2. The molecule has 0 aliphatic heterocycles. The molecule has 0 spiro atoms. The van der Waals surface area contributed by atoms with Crippen LogP contribution in [0.15, 0.2) is 6.20 Å². The Morgan fingerprint density at radius 1 is 1.17 bits per heavy atom. The standard InChI is InChI=1S/C13H25N3O2/c1-5-6-7-17-8-9-18-11-12-10-16(15-14-12)13(2,3)4/h10H,5-9,11H2,1-4H3. The van der Waals surface area contributed by atoms with Gasteiger partial charge in [-0.1, -0.05) is 18.6 Å². The van der Waals surface area contributed by atoms with Crippen molar-refractivity contribution >= 4 is 0 Å². The van der Waals surface area contributed by atoms with Crippen LogP contribution >= 0.6 is 0 Å². The first-order chi connectivity index (χ1) is 8.54. The van der Waals surface area contributed by atoms with Crippen molar-refractivity contribution in [1.82, 2.24) is 15.0 Å². The van der Waals surface area contributed by atoms with Crippen LogP contribution in [0.25, 0.3) is 0 Å². The third-order valence-electron chi connectivity index (χ3n) is 2.49. The smallest absolute Gasteiger partial charge is 0.108 e. The van der Waals surface area contributed by atoms with Gasteiger partial charge in [-0.2, -0.15) is 0 Å². The van der Waals surface area contributed by atoms with Crippen molar-refractivity contribution in [2.75, 3.05) is 19.8 Å². The van der Waals surface area contributed by atoms with Gasteiger partial charge in [0.1, 0.15) is 5.69 Å². The maximum Gasteiger partial charge on any atom is 0.108 e. The molecule has 0 unspecified atom stereocenters. The average molecular weight is 255 g/mol. The Morgan fingerprint density at radius 3 is 2.50 bits per heavy atom. The summed E-state index contributed by atoms with van der Waals surface area (Å²) in [7, 11) is 0. The lowest BCUT2D eigenvalue weighted by molar-refractivity contribution is 0.0385. The zero-order valence-corrected chi connectivity index (χ0v) is 12.0. The fraction of sp³-hybridized carbons (Fsp3) is 0.846. The Kier molecular flexibility index (Phi) is 6.29. The third-order valence-corrected chi connectivity index (χ3v) is 2.49. The van der Waals surface area contributed by atoms with Crippen LogP contribution in [0.3, 0.4) is 0 Å². The second-order valence-electron chi connectivity index (χ2n) is 5.34. The predicted octanol–water partition coefficient (Wildman–Crippen LogP) is 2.37. The molecule has 0 N–H and O–H groups in total. The summed E-state index contributed by atoms with van der Waals surface area (Å²) in [6, 6.07) is 0. The van der Waals surface area contributed by atoms with Crippen molar-refractivity contribution in [3.8, 4) is 0 Å². The van der Waals surface area contributed by atoms with Gasteiger partial charge in [0, 0.05) is 6.61 Å². The first kappa shape index (κ1) is 15.1. The molecule has 0 atom stereocenters. The summed E-state index contributed by atoms with van der Waals surface area (Å²) >= 11 is 0. The van der Waals surface area contributed by atoms with Crippen LogP contribution in [0.5, 0.6) is 0 Å². The highest BCUT2D eigenvalue weighted by Crippen LogP contribution is 2.11. The van der Waals surface area contributed by atoms with Crippen molar-refractivity contribution in [2.24, 2.45) is 0 Å². The quantitative estimate of drug-likeness (QED) is 0.669. The summed E-state index contributed by atoms with van der Waals surface area (Å²) in [5.41, 5.74) is 0.826. The molecule has 0 aromatic carbocycles. The normalized spacial score (nSPS) is 12.0. The van der Waals surface area contributed by atoms with Gasteiger partial charge in [0.25, 0.3) is 0 Å². The molecule has 1 aromatic rings. The molecule has 0 bridgehead atoms. The van der Waals surface area contributed by atoms with E-state index in [4.69, 9.17) is 9.47 Å². The molecule has 1 rings (SSSR count). The van der Waals surface area contributed by atoms with Crippen LogP contribution in [0.4, 0.5) is 0 Å². The summed E-state index contributed by atoms with van der Waals surface area (Å²) < 4.78 is 12.7. The van der Waals surface area contributed by atoms with Gasteiger partial charge in [0.2, 0.25) is 0 Å². The topological polar surface area (TPSA) is 49.2 Å². The van der Waals surface area contributed by atoms with E-state index in [-0.39, 0.29) is 5.54 Å². The fourth-order valence-electron chi connectivity index (χ4n) is 1.34. The Hall–Kier alpha value is -0.940. The first-order valence-corrected chi connectivity index (χ1v) is 6.61. The summed E-state index contributed by atoms with van der Waals surface area (Å²) in [4.78, 5) is 0. The number of hydrogen-bond acceptors (Lipinski definition) is 4. The fourth-order valence-corrected chi connectivity index (χ4v) is 1.34. The monoisotopic (exact) mass is 255 g/mol. The van der Waals surface area contributed by atoms with Gasteiger partial charge in [0.15, 0.2) is 0 Å². The molecule has 1 aromatic heterocycles. The average Bonchev–Trinajstić information content (AvgIpc) is 2.76. The van der Waals surface area contributed by atoms with Crippen LogP contribution < -0.4 is 0 Å². The Labute approximate surface area is 109 Å². The second-order valence-corrected chi connectivity index (χ2v) is 5.34. The van der Waals surface area contributed by atoms with Crippen molar-refractivity contribution in [1.29, 1.82) is 0 Å². The Balaban J connectivity index is 2.14. The SMILES string of the molecule is CCCCOCCOCc1cn(C(C)(C)C)nn1. The van der Waals surface area contributed by atoms with Crippen LogP contribution in [0.2, 0.25) is 0 Å². The highest BCUT2D eigenvalue weighted by atomic mass is 16.5. The molecule has 0 fully saturated rings.